The topological polar surface area (TPSA) is 50.2 Å². The first-order chi connectivity index (χ1) is 11.2. The lowest BCUT2D eigenvalue weighted by Crippen LogP contribution is -2.24. The molecule has 1 fully saturated rings. The van der Waals surface area contributed by atoms with Crippen LogP contribution < -0.4 is 5.32 Å². The fraction of sp³-hybridized carbons (Fsp3) is 0.444. The highest BCUT2D eigenvalue weighted by Gasteiger charge is 2.24. The van der Waals surface area contributed by atoms with E-state index in [2.05, 4.69) is 40.6 Å². The minimum atomic E-state index is 0.143. The number of amides is 1. The molecular formula is C18H24N4O. The number of carbonyl (C=O) groups is 1. The van der Waals surface area contributed by atoms with E-state index in [-0.39, 0.29) is 5.91 Å². The lowest BCUT2D eigenvalue weighted by molar-refractivity contribution is -0.121. The van der Waals surface area contributed by atoms with Crippen LogP contribution in [0.15, 0.2) is 36.7 Å². The van der Waals surface area contributed by atoms with Crippen molar-refractivity contribution in [1.29, 1.82) is 0 Å². The van der Waals surface area contributed by atoms with Crippen molar-refractivity contribution in [3.63, 3.8) is 0 Å². The summed E-state index contributed by atoms with van der Waals surface area (Å²) in [6.07, 6.45) is 5.78. The zero-order chi connectivity index (χ0) is 16.2. The van der Waals surface area contributed by atoms with Gasteiger partial charge in [0.25, 0.3) is 0 Å². The van der Waals surface area contributed by atoms with Crippen molar-refractivity contribution >= 4 is 5.91 Å². The van der Waals surface area contributed by atoms with Gasteiger partial charge in [0.1, 0.15) is 0 Å². The Hall–Kier alpha value is -2.14. The molecule has 122 valence electrons. The molecule has 1 aromatic carbocycles. The van der Waals surface area contributed by atoms with E-state index in [1.54, 1.807) is 7.05 Å². The molecule has 1 atom stereocenters. The van der Waals surface area contributed by atoms with Crippen LogP contribution in [0.5, 0.6) is 0 Å². The molecule has 1 aromatic heterocycles. The van der Waals surface area contributed by atoms with Gasteiger partial charge in [0, 0.05) is 38.3 Å². The second-order valence-corrected chi connectivity index (χ2v) is 6.35. The zero-order valence-corrected chi connectivity index (χ0v) is 13.8. The highest BCUT2D eigenvalue weighted by Crippen LogP contribution is 2.22. The van der Waals surface area contributed by atoms with Gasteiger partial charge in [0.05, 0.1) is 11.9 Å². The smallest absolute Gasteiger partial charge is 0.220 e. The molecule has 2 heterocycles. The van der Waals surface area contributed by atoms with E-state index in [4.69, 9.17) is 0 Å². The molecule has 1 aliphatic rings. The molecular weight excluding hydrogens is 288 g/mol. The van der Waals surface area contributed by atoms with E-state index in [0.29, 0.717) is 12.3 Å². The number of aryl methyl sites for hydroxylation is 1. The SMILES string of the molecule is CNC(=O)CC1CCN(Cc2cnn(-c3ccccc3C)c2)C1. The van der Waals surface area contributed by atoms with Gasteiger partial charge in [-0.15, -0.1) is 0 Å². The largest absolute Gasteiger partial charge is 0.359 e. The van der Waals surface area contributed by atoms with Crippen LogP contribution in [0.25, 0.3) is 5.69 Å². The van der Waals surface area contributed by atoms with E-state index in [0.717, 1.165) is 31.7 Å². The summed E-state index contributed by atoms with van der Waals surface area (Å²) in [6.45, 7) is 5.04. The molecule has 2 aromatic rings. The number of para-hydroxylation sites is 1. The minimum absolute atomic E-state index is 0.143. The van der Waals surface area contributed by atoms with Gasteiger partial charge in [0.15, 0.2) is 0 Å². The lowest BCUT2D eigenvalue weighted by Gasteiger charge is -2.14. The Morgan fingerprint density at radius 2 is 2.22 bits per heavy atom. The van der Waals surface area contributed by atoms with Crippen molar-refractivity contribution in [2.24, 2.45) is 5.92 Å². The van der Waals surface area contributed by atoms with Crippen molar-refractivity contribution in [3.8, 4) is 5.69 Å². The predicted molar refractivity (Wildman–Crippen MR) is 90.4 cm³/mol. The normalized spacial score (nSPS) is 18.3. The number of hydrogen-bond donors (Lipinski definition) is 1. The van der Waals surface area contributed by atoms with Crippen LogP contribution in [-0.4, -0.2) is 40.7 Å². The third-order valence-corrected chi connectivity index (χ3v) is 4.53. The molecule has 1 N–H and O–H groups in total. The van der Waals surface area contributed by atoms with Crippen molar-refractivity contribution in [2.45, 2.75) is 26.3 Å². The predicted octanol–water partition coefficient (Wildman–Crippen LogP) is 2.14. The number of aromatic nitrogens is 2. The molecule has 0 radical (unpaired) electrons. The number of likely N-dealkylation sites (tertiary alicyclic amines) is 1. The first kappa shape index (κ1) is 15.7. The molecule has 5 nitrogen and oxygen atoms in total. The van der Waals surface area contributed by atoms with E-state index < -0.39 is 0 Å². The first-order valence-electron chi connectivity index (χ1n) is 8.18. The van der Waals surface area contributed by atoms with Gasteiger partial charge >= 0.3 is 0 Å². The summed E-state index contributed by atoms with van der Waals surface area (Å²) in [7, 11) is 1.70. The second-order valence-electron chi connectivity index (χ2n) is 6.35. The lowest BCUT2D eigenvalue weighted by atomic mass is 10.0. The van der Waals surface area contributed by atoms with Gasteiger partial charge < -0.3 is 5.32 Å². The van der Waals surface area contributed by atoms with Gasteiger partial charge in [-0.3, -0.25) is 9.69 Å². The van der Waals surface area contributed by atoms with Gasteiger partial charge in [-0.2, -0.15) is 5.10 Å². The number of nitrogens with one attached hydrogen (secondary N) is 1. The molecule has 1 aliphatic heterocycles. The fourth-order valence-corrected chi connectivity index (χ4v) is 3.24. The van der Waals surface area contributed by atoms with E-state index in [1.165, 1.54) is 11.1 Å². The third-order valence-electron chi connectivity index (χ3n) is 4.53. The summed E-state index contributed by atoms with van der Waals surface area (Å²) in [5.41, 5.74) is 3.56. The summed E-state index contributed by atoms with van der Waals surface area (Å²) >= 11 is 0. The number of benzene rings is 1. The zero-order valence-electron chi connectivity index (χ0n) is 13.8. The summed E-state index contributed by atoms with van der Waals surface area (Å²) in [5.74, 6) is 0.616. The quantitative estimate of drug-likeness (QED) is 0.920. The standard InChI is InChI=1S/C18H24N4O/c1-14-5-3-4-6-17(14)22-13-16(10-20-22)12-21-8-7-15(11-21)9-18(23)19-2/h3-6,10,13,15H,7-9,11-12H2,1-2H3,(H,19,23). The molecule has 0 saturated carbocycles. The van der Waals surface area contributed by atoms with Crippen LogP contribution in [0.2, 0.25) is 0 Å². The Bertz CT molecular complexity index is 679. The number of nitrogens with zero attached hydrogens (tertiary/aromatic N) is 3. The third kappa shape index (κ3) is 3.79. The summed E-state index contributed by atoms with van der Waals surface area (Å²) in [6, 6.07) is 8.26. The average molecular weight is 312 g/mol. The molecule has 23 heavy (non-hydrogen) atoms. The maximum absolute atomic E-state index is 11.5. The van der Waals surface area contributed by atoms with Gasteiger partial charge in [-0.1, -0.05) is 18.2 Å². The second kappa shape index (κ2) is 6.96. The van der Waals surface area contributed by atoms with Gasteiger partial charge in [0.2, 0.25) is 5.91 Å². The highest BCUT2D eigenvalue weighted by molar-refractivity contribution is 5.75. The Labute approximate surface area is 137 Å². The van der Waals surface area contributed by atoms with E-state index in [9.17, 15) is 4.79 Å². The number of hydrogen-bond acceptors (Lipinski definition) is 3. The molecule has 0 aliphatic carbocycles. The van der Waals surface area contributed by atoms with Crippen LogP contribution in [0, 0.1) is 12.8 Å². The Morgan fingerprint density at radius 1 is 1.39 bits per heavy atom. The molecule has 0 spiro atoms. The van der Waals surface area contributed by atoms with Crippen molar-refractivity contribution in [2.75, 3.05) is 20.1 Å². The monoisotopic (exact) mass is 312 g/mol. The highest BCUT2D eigenvalue weighted by atomic mass is 16.1. The van der Waals surface area contributed by atoms with E-state index >= 15 is 0 Å². The minimum Gasteiger partial charge on any atom is -0.359 e. The maximum atomic E-state index is 11.5. The van der Waals surface area contributed by atoms with Crippen LogP contribution >= 0.6 is 0 Å². The molecule has 5 heteroatoms. The molecule has 1 amide bonds. The van der Waals surface area contributed by atoms with Crippen molar-refractivity contribution < 1.29 is 4.79 Å². The van der Waals surface area contributed by atoms with Gasteiger partial charge in [-0.05, 0) is 37.4 Å². The Balaban J connectivity index is 1.60. The molecule has 1 saturated heterocycles. The maximum Gasteiger partial charge on any atom is 0.220 e. The van der Waals surface area contributed by atoms with Crippen LogP contribution in [-0.2, 0) is 11.3 Å². The molecule has 3 rings (SSSR count). The summed E-state index contributed by atoms with van der Waals surface area (Å²) in [4.78, 5) is 13.9. The molecule has 0 bridgehead atoms. The number of carbonyl (C=O) groups excluding carboxylic acids is 1. The van der Waals surface area contributed by atoms with Crippen LogP contribution in [0.4, 0.5) is 0 Å². The average Bonchev–Trinajstić information content (AvgIpc) is 3.18. The van der Waals surface area contributed by atoms with E-state index in [1.807, 2.05) is 23.0 Å². The van der Waals surface area contributed by atoms with Crippen molar-refractivity contribution in [1.82, 2.24) is 20.0 Å². The first-order valence-corrected chi connectivity index (χ1v) is 8.18. The summed E-state index contributed by atoms with van der Waals surface area (Å²) < 4.78 is 1.95. The Kier molecular flexibility index (Phi) is 4.76. The van der Waals surface area contributed by atoms with Crippen LogP contribution in [0.1, 0.15) is 24.0 Å². The van der Waals surface area contributed by atoms with Crippen LogP contribution in [0.3, 0.4) is 0 Å². The van der Waals surface area contributed by atoms with Crippen molar-refractivity contribution in [3.05, 3.63) is 47.8 Å². The fourth-order valence-electron chi connectivity index (χ4n) is 3.24. The Morgan fingerprint density at radius 3 is 3.00 bits per heavy atom. The number of rotatable bonds is 5. The summed E-state index contributed by atoms with van der Waals surface area (Å²) in [5, 5.41) is 7.21. The molecule has 1 unspecified atom stereocenters. The van der Waals surface area contributed by atoms with Gasteiger partial charge in [-0.25, -0.2) is 4.68 Å².